The van der Waals surface area contributed by atoms with Gasteiger partial charge in [0.2, 0.25) is 10.0 Å². The number of halogens is 1. The second-order valence-corrected chi connectivity index (χ2v) is 6.25. The Morgan fingerprint density at radius 2 is 1.95 bits per heavy atom. The van der Waals surface area contributed by atoms with E-state index < -0.39 is 15.8 Å². The van der Waals surface area contributed by atoms with E-state index in [1.165, 1.54) is 18.2 Å². The standard InChI is InChI=1S/C14H12FN3O2S/c15-10-4-3-5-11(8-10)21(19,20)16-9-14-17-12-6-1-2-7-13(12)18-14/h1-8,16H,9H2,(H,17,18). The lowest BCUT2D eigenvalue weighted by Gasteiger charge is -2.05. The molecule has 0 saturated carbocycles. The van der Waals surface area contributed by atoms with Crippen LogP contribution in [0.4, 0.5) is 4.39 Å². The fourth-order valence-corrected chi connectivity index (χ4v) is 2.99. The molecule has 2 aromatic carbocycles. The zero-order chi connectivity index (χ0) is 14.9. The molecule has 7 heteroatoms. The smallest absolute Gasteiger partial charge is 0.241 e. The third kappa shape index (κ3) is 2.93. The summed E-state index contributed by atoms with van der Waals surface area (Å²) in [5.41, 5.74) is 1.59. The molecule has 3 rings (SSSR count). The first-order chi connectivity index (χ1) is 10.0. The second-order valence-electron chi connectivity index (χ2n) is 4.48. The first-order valence-corrected chi connectivity index (χ1v) is 7.72. The minimum Gasteiger partial charge on any atom is -0.341 e. The maximum atomic E-state index is 13.1. The van der Waals surface area contributed by atoms with Crippen LogP contribution in [0, 0.1) is 5.82 Å². The minimum absolute atomic E-state index is 0.00747. The molecule has 1 heterocycles. The van der Waals surface area contributed by atoms with Crippen LogP contribution < -0.4 is 4.72 Å². The van der Waals surface area contributed by atoms with E-state index in [1.807, 2.05) is 24.3 Å². The highest BCUT2D eigenvalue weighted by Gasteiger charge is 2.15. The number of benzene rings is 2. The maximum absolute atomic E-state index is 13.1. The molecule has 0 radical (unpaired) electrons. The van der Waals surface area contributed by atoms with Gasteiger partial charge in [0, 0.05) is 0 Å². The fraction of sp³-hybridized carbons (Fsp3) is 0.0714. The van der Waals surface area contributed by atoms with Gasteiger partial charge in [-0.1, -0.05) is 18.2 Å². The Morgan fingerprint density at radius 1 is 1.14 bits per heavy atom. The lowest BCUT2D eigenvalue weighted by atomic mass is 10.3. The first-order valence-electron chi connectivity index (χ1n) is 6.23. The highest BCUT2D eigenvalue weighted by atomic mass is 32.2. The molecular formula is C14H12FN3O2S. The van der Waals surface area contributed by atoms with Crippen LogP contribution in [-0.4, -0.2) is 18.4 Å². The number of aromatic nitrogens is 2. The Balaban J connectivity index is 1.80. The largest absolute Gasteiger partial charge is 0.341 e. The fourth-order valence-electron chi connectivity index (χ4n) is 1.97. The van der Waals surface area contributed by atoms with E-state index in [0.29, 0.717) is 5.82 Å². The van der Waals surface area contributed by atoms with Crippen molar-refractivity contribution in [2.45, 2.75) is 11.4 Å². The zero-order valence-electron chi connectivity index (χ0n) is 10.9. The summed E-state index contributed by atoms with van der Waals surface area (Å²) in [6, 6.07) is 12.3. The molecule has 0 atom stereocenters. The van der Waals surface area contributed by atoms with E-state index >= 15 is 0 Å². The van der Waals surface area contributed by atoms with Gasteiger partial charge in [-0.2, -0.15) is 0 Å². The number of hydrogen-bond acceptors (Lipinski definition) is 3. The molecule has 0 bridgehead atoms. The van der Waals surface area contributed by atoms with Crippen molar-refractivity contribution < 1.29 is 12.8 Å². The molecule has 0 aliphatic carbocycles. The average molecular weight is 305 g/mol. The molecule has 0 amide bonds. The van der Waals surface area contributed by atoms with E-state index in [2.05, 4.69) is 14.7 Å². The summed E-state index contributed by atoms with van der Waals surface area (Å²) in [6.45, 7) is 0.00747. The van der Waals surface area contributed by atoms with Gasteiger partial charge in [0.15, 0.2) is 0 Å². The molecule has 3 aromatic rings. The molecule has 1 aromatic heterocycles. The molecule has 0 spiro atoms. The SMILES string of the molecule is O=S(=O)(NCc1nc2ccccc2[nH]1)c1cccc(F)c1. The van der Waals surface area contributed by atoms with E-state index in [-0.39, 0.29) is 11.4 Å². The molecule has 0 aliphatic rings. The number of H-pyrrole nitrogens is 1. The van der Waals surface area contributed by atoms with Crippen molar-refractivity contribution in [1.82, 2.24) is 14.7 Å². The van der Waals surface area contributed by atoms with E-state index in [0.717, 1.165) is 17.1 Å². The van der Waals surface area contributed by atoms with Gasteiger partial charge in [-0.05, 0) is 30.3 Å². The molecule has 108 valence electrons. The number of para-hydroxylation sites is 2. The average Bonchev–Trinajstić information content (AvgIpc) is 2.88. The third-order valence-corrected chi connectivity index (χ3v) is 4.37. The molecule has 2 N–H and O–H groups in total. The Kier molecular flexibility index (Phi) is 3.44. The summed E-state index contributed by atoms with van der Waals surface area (Å²) in [4.78, 5) is 7.18. The Labute approximate surface area is 120 Å². The normalized spacial score (nSPS) is 11.9. The van der Waals surface area contributed by atoms with Crippen molar-refractivity contribution >= 4 is 21.1 Å². The predicted molar refractivity (Wildman–Crippen MR) is 76.5 cm³/mol. The lowest BCUT2D eigenvalue weighted by Crippen LogP contribution is -2.23. The molecule has 21 heavy (non-hydrogen) atoms. The van der Waals surface area contributed by atoms with Crippen molar-refractivity contribution in [3.63, 3.8) is 0 Å². The van der Waals surface area contributed by atoms with Gasteiger partial charge in [0.05, 0.1) is 22.5 Å². The van der Waals surface area contributed by atoms with E-state index in [4.69, 9.17) is 0 Å². The van der Waals surface area contributed by atoms with Gasteiger partial charge in [-0.15, -0.1) is 0 Å². The van der Waals surface area contributed by atoms with Crippen LogP contribution in [-0.2, 0) is 16.6 Å². The number of aromatic amines is 1. The van der Waals surface area contributed by atoms with Crippen LogP contribution >= 0.6 is 0 Å². The van der Waals surface area contributed by atoms with E-state index in [1.54, 1.807) is 0 Å². The highest BCUT2D eigenvalue weighted by Crippen LogP contribution is 2.13. The number of rotatable bonds is 4. The first kappa shape index (κ1) is 13.7. The lowest BCUT2D eigenvalue weighted by molar-refractivity contribution is 0.576. The number of nitrogens with one attached hydrogen (secondary N) is 2. The predicted octanol–water partition coefficient (Wildman–Crippen LogP) is 2.18. The van der Waals surface area contributed by atoms with E-state index in [9.17, 15) is 12.8 Å². The van der Waals surface area contributed by atoms with Crippen molar-refractivity contribution in [3.05, 3.63) is 60.2 Å². The van der Waals surface area contributed by atoms with Crippen molar-refractivity contribution in [2.75, 3.05) is 0 Å². The minimum atomic E-state index is -3.77. The Hall–Kier alpha value is -2.25. The Morgan fingerprint density at radius 3 is 2.71 bits per heavy atom. The molecule has 0 unspecified atom stereocenters. The van der Waals surface area contributed by atoms with Crippen LogP contribution in [0.5, 0.6) is 0 Å². The van der Waals surface area contributed by atoms with Crippen molar-refractivity contribution in [3.8, 4) is 0 Å². The highest BCUT2D eigenvalue weighted by molar-refractivity contribution is 7.89. The summed E-state index contributed by atoms with van der Waals surface area (Å²) in [6.07, 6.45) is 0. The number of nitrogens with zero attached hydrogens (tertiary/aromatic N) is 1. The van der Waals surface area contributed by atoms with Gasteiger partial charge >= 0.3 is 0 Å². The summed E-state index contributed by atoms with van der Waals surface area (Å²) >= 11 is 0. The molecule has 5 nitrogen and oxygen atoms in total. The van der Waals surface area contributed by atoms with Crippen LogP contribution in [0.1, 0.15) is 5.82 Å². The van der Waals surface area contributed by atoms with Crippen LogP contribution in [0.25, 0.3) is 11.0 Å². The molecule has 0 saturated heterocycles. The summed E-state index contributed by atoms with van der Waals surface area (Å²) in [5.74, 6) is -0.0993. The number of fused-ring (bicyclic) bond motifs is 1. The molecule has 0 aliphatic heterocycles. The molecule has 0 fully saturated rings. The summed E-state index contributed by atoms with van der Waals surface area (Å²) < 4.78 is 39.6. The number of imidazole rings is 1. The number of hydrogen-bond donors (Lipinski definition) is 2. The maximum Gasteiger partial charge on any atom is 0.241 e. The monoisotopic (exact) mass is 305 g/mol. The van der Waals surface area contributed by atoms with Gasteiger partial charge in [0.25, 0.3) is 0 Å². The van der Waals surface area contributed by atoms with Gasteiger partial charge in [0.1, 0.15) is 11.6 Å². The van der Waals surface area contributed by atoms with Gasteiger partial charge in [-0.25, -0.2) is 22.5 Å². The zero-order valence-corrected chi connectivity index (χ0v) is 11.7. The van der Waals surface area contributed by atoms with Crippen molar-refractivity contribution in [2.24, 2.45) is 0 Å². The van der Waals surface area contributed by atoms with Gasteiger partial charge in [-0.3, -0.25) is 0 Å². The Bertz CT molecular complexity index is 857. The summed E-state index contributed by atoms with van der Waals surface area (Å²) in [7, 11) is -3.77. The topological polar surface area (TPSA) is 74.8 Å². The quantitative estimate of drug-likeness (QED) is 0.776. The van der Waals surface area contributed by atoms with Crippen LogP contribution in [0.2, 0.25) is 0 Å². The van der Waals surface area contributed by atoms with Crippen LogP contribution in [0.3, 0.4) is 0 Å². The number of sulfonamides is 1. The molecular weight excluding hydrogens is 293 g/mol. The van der Waals surface area contributed by atoms with Crippen molar-refractivity contribution in [1.29, 1.82) is 0 Å². The van der Waals surface area contributed by atoms with Gasteiger partial charge < -0.3 is 4.98 Å². The third-order valence-electron chi connectivity index (χ3n) is 2.97. The summed E-state index contributed by atoms with van der Waals surface area (Å²) in [5, 5.41) is 0. The second kappa shape index (κ2) is 5.27. The van der Waals surface area contributed by atoms with Crippen LogP contribution in [0.15, 0.2) is 53.4 Å².